The summed E-state index contributed by atoms with van der Waals surface area (Å²) in [5, 5.41) is 4.54. The molecule has 1 heterocycles. The molecular weight excluding hydrogens is 421 g/mol. The first-order valence-electron chi connectivity index (χ1n) is 9.72. The number of methoxy groups -OCH3 is 1. The first kappa shape index (κ1) is 20.7. The minimum Gasteiger partial charge on any atom is -0.466 e. The molecule has 1 aliphatic heterocycles. The lowest BCUT2D eigenvalue weighted by atomic mass is 9.72. The van der Waals surface area contributed by atoms with Crippen molar-refractivity contribution in [2.45, 2.75) is 31.6 Å². The topological polar surface area (TPSA) is 55.4 Å². The van der Waals surface area contributed by atoms with E-state index in [0.717, 1.165) is 16.8 Å². The van der Waals surface area contributed by atoms with E-state index >= 15 is 0 Å². The van der Waals surface area contributed by atoms with Crippen molar-refractivity contribution in [3.63, 3.8) is 0 Å². The van der Waals surface area contributed by atoms with Crippen LogP contribution in [0.5, 0.6) is 0 Å². The van der Waals surface area contributed by atoms with Crippen molar-refractivity contribution in [2.24, 2.45) is 0 Å². The van der Waals surface area contributed by atoms with Gasteiger partial charge in [-0.25, -0.2) is 4.79 Å². The van der Waals surface area contributed by atoms with Gasteiger partial charge in [-0.2, -0.15) is 0 Å². The zero-order chi connectivity index (χ0) is 21.4. The van der Waals surface area contributed by atoms with Gasteiger partial charge in [-0.1, -0.05) is 47.5 Å². The van der Waals surface area contributed by atoms with E-state index < -0.39 is 11.9 Å². The lowest BCUT2D eigenvalue weighted by molar-refractivity contribution is -0.136. The van der Waals surface area contributed by atoms with Crippen molar-refractivity contribution >= 4 is 35.0 Å². The number of Topliss-reactive ketones (excluding diaryl/α,β-unsaturated/α-hetero) is 1. The highest BCUT2D eigenvalue weighted by atomic mass is 35.5. The number of rotatable bonds is 3. The van der Waals surface area contributed by atoms with Gasteiger partial charge in [-0.15, -0.1) is 0 Å². The molecule has 4 nitrogen and oxygen atoms in total. The number of allylic oxidation sites excluding steroid dienone is 3. The van der Waals surface area contributed by atoms with Gasteiger partial charge in [0.1, 0.15) is 0 Å². The second-order valence-electron chi connectivity index (χ2n) is 7.62. The maximum absolute atomic E-state index is 13.4. The van der Waals surface area contributed by atoms with E-state index in [4.69, 9.17) is 27.9 Å². The number of halogens is 2. The lowest BCUT2D eigenvalue weighted by Gasteiger charge is -2.36. The maximum atomic E-state index is 13.4. The molecule has 1 aliphatic carbocycles. The monoisotopic (exact) mass is 441 g/mol. The second kappa shape index (κ2) is 8.29. The van der Waals surface area contributed by atoms with Crippen molar-refractivity contribution in [1.29, 1.82) is 0 Å². The lowest BCUT2D eigenvalue weighted by Crippen LogP contribution is -2.36. The van der Waals surface area contributed by atoms with Gasteiger partial charge in [0, 0.05) is 39.4 Å². The van der Waals surface area contributed by atoms with Crippen molar-refractivity contribution in [3.8, 4) is 0 Å². The zero-order valence-corrected chi connectivity index (χ0v) is 18.2. The van der Waals surface area contributed by atoms with Gasteiger partial charge in [0.2, 0.25) is 0 Å². The fraction of sp³-hybridized carbons (Fsp3) is 0.250. The quantitative estimate of drug-likeness (QED) is 0.636. The van der Waals surface area contributed by atoms with Gasteiger partial charge in [0.25, 0.3) is 0 Å². The van der Waals surface area contributed by atoms with Gasteiger partial charge in [0.05, 0.1) is 12.7 Å². The fourth-order valence-electron chi connectivity index (χ4n) is 4.41. The van der Waals surface area contributed by atoms with Crippen LogP contribution in [0.1, 0.15) is 42.7 Å². The molecule has 0 saturated heterocycles. The van der Waals surface area contributed by atoms with Crippen molar-refractivity contribution in [2.75, 3.05) is 7.11 Å². The Labute approximate surface area is 185 Å². The molecule has 0 spiro atoms. The minimum absolute atomic E-state index is 0.0163. The average Bonchev–Trinajstić information content (AvgIpc) is 2.72. The molecule has 154 valence electrons. The normalized spacial score (nSPS) is 21.3. The first-order chi connectivity index (χ1) is 14.4. The molecule has 0 aromatic heterocycles. The number of nitrogens with one attached hydrogen (secondary N) is 1. The molecule has 0 bridgehead atoms. The number of benzene rings is 2. The van der Waals surface area contributed by atoms with Crippen LogP contribution in [0.3, 0.4) is 0 Å². The van der Waals surface area contributed by atoms with Crippen LogP contribution in [0.2, 0.25) is 10.0 Å². The number of dihydropyridines is 1. The standard InChI is InChI=1S/C24H21Cl2NO3/c1-13-21(24(29)30-2)22(15-4-3-5-18(26)10-15)23-19(27-13)11-16(12-20(23)28)14-6-8-17(25)9-7-14/h3-10,16,22,27H,11-12H2,1-2H3/t16-,22-/m1/s1. The molecular formula is C24H21Cl2NO3. The van der Waals surface area contributed by atoms with Gasteiger partial charge in [-0.3, -0.25) is 4.79 Å². The summed E-state index contributed by atoms with van der Waals surface area (Å²) in [5.41, 5.74) is 4.47. The van der Waals surface area contributed by atoms with Crippen LogP contribution < -0.4 is 5.32 Å². The number of esters is 1. The first-order valence-corrected chi connectivity index (χ1v) is 10.5. The molecule has 6 heteroatoms. The summed E-state index contributed by atoms with van der Waals surface area (Å²) in [6, 6.07) is 14.9. The third-order valence-electron chi connectivity index (χ3n) is 5.76. The Morgan fingerprint density at radius 2 is 1.77 bits per heavy atom. The second-order valence-corrected chi connectivity index (χ2v) is 8.49. The smallest absolute Gasteiger partial charge is 0.336 e. The minimum atomic E-state index is -0.508. The third kappa shape index (κ3) is 3.78. The fourth-order valence-corrected chi connectivity index (χ4v) is 4.73. The van der Waals surface area contributed by atoms with Crippen LogP contribution in [0.15, 0.2) is 71.1 Å². The SMILES string of the molecule is COC(=O)C1=C(C)NC2=C(C(=O)C[C@H](c3ccc(Cl)cc3)C2)[C@@H]1c1cccc(Cl)c1. The van der Waals surface area contributed by atoms with Gasteiger partial charge >= 0.3 is 5.97 Å². The van der Waals surface area contributed by atoms with E-state index in [1.165, 1.54) is 7.11 Å². The number of carbonyl (C=O) groups excluding carboxylic acids is 2. The third-order valence-corrected chi connectivity index (χ3v) is 6.24. The summed E-state index contributed by atoms with van der Waals surface area (Å²) in [4.78, 5) is 26.0. The number of hydrogen-bond acceptors (Lipinski definition) is 4. The molecule has 0 fully saturated rings. The molecule has 4 rings (SSSR count). The summed E-state index contributed by atoms with van der Waals surface area (Å²) in [7, 11) is 1.35. The van der Waals surface area contributed by atoms with Crippen LogP contribution in [0.4, 0.5) is 0 Å². The predicted octanol–water partition coefficient (Wildman–Crippen LogP) is 5.53. The molecule has 2 aromatic carbocycles. The number of ketones is 1. The highest BCUT2D eigenvalue weighted by Gasteiger charge is 2.41. The predicted molar refractivity (Wildman–Crippen MR) is 118 cm³/mol. The Morgan fingerprint density at radius 1 is 1.03 bits per heavy atom. The van der Waals surface area contributed by atoms with Crippen LogP contribution in [0.25, 0.3) is 0 Å². The van der Waals surface area contributed by atoms with Crippen LogP contribution in [0, 0.1) is 0 Å². The molecule has 0 unspecified atom stereocenters. The summed E-state index contributed by atoms with van der Waals surface area (Å²) >= 11 is 12.2. The Hall–Kier alpha value is -2.56. The Balaban J connectivity index is 1.80. The van der Waals surface area contributed by atoms with E-state index in [1.54, 1.807) is 12.1 Å². The Kier molecular flexibility index (Phi) is 5.72. The van der Waals surface area contributed by atoms with Gasteiger partial charge in [0.15, 0.2) is 5.78 Å². The molecule has 2 aliphatic rings. The van der Waals surface area contributed by atoms with Gasteiger partial charge in [-0.05, 0) is 54.7 Å². The summed E-state index contributed by atoms with van der Waals surface area (Å²) in [6.45, 7) is 1.84. The Morgan fingerprint density at radius 3 is 2.43 bits per heavy atom. The average molecular weight is 442 g/mol. The van der Waals surface area contributed by atoms with E-state index in [2.05, 4.69) is 5.32 Å². The van der Waals surface area contributed by atoms with Crippen LogP contribution in [-0.2, 0) is 14.3 Å². The van der Waals surface area contributed by atoms with Crippen LogP contribution >= 0.6 is 23.2 Å². The number of carbonyl (C=O) groups is 2. The van der Waals surface area contributed by atoms with Crippen molar-refractivity contribution in [1.82, 2.24) is 5.32 Å². The van der Waals surface area contributed by atoms with Gasteiger partial charge < -0.3 is 10.1 Å². The zero-order valence-electron chi connectivity index (χ0n) is 16.7. The van der Waals surface area contributed by atoms with E-state index in [1.807, 2.05) is 43.3 Å². The summed E-state index contributed by atoms with van der Waals surface area (Å²) < 4.78 is 5.04. The molecule has 1 N–H and O–H groups in total. The molecule has 0 saturated carbocycles. The highest BCUT2D eigenvalue weighted by Crippen LogP contribution is 2.46. The van der Waals surface area contributed by atoms with E-state index in [9.17, 15) is 9.59 Å². The summed E-state index contributed by atoms with van der Waals surface area (Å²) in [5.74, 6) is -0.897. The largest absolute Gasteiger partial charge is 0.466 e. The molecule has 2 aromatic rings. The summed E-state index contributed by atoms with van der Waals surface area (Å²) in [6.07, 6.45) is 1.04. The Bertz CT molecular complexity index is 1090. The van der Waals surface area contributed by atoms with E-state index in [-0.39, 0.29) is 11.7 Å². The molecule has 30 heavy (non-hydrogen) atoms. The molecule has 2 atom stereocenters. The highest BCUT2D eigenvalue weighted by molar-refractivity contribution is 6.30. The van der Waals surface area contributed by atoms with Crippen LogP contribution in [-0.4, -0.2) is 18.9 Å². The number of hydrogen-bond donors (Lipinski definition) is 1. The molecule has 0 amide bonds. The van der Waals surface area contributed by atoms with E-state index in [0.29, 0.717) is 39.7 Å². The van der Waals surface area contributed by atoms with Crippen molar-refractivity contribution in [3.05, 3.63) is 92.2 Å². The number of ether oxygens (including phenoxy) is 1. The van der Waals surface area contributed by atoms with Crippen molar-refractivity contribution < 1.29 is 14.3 Å². The maximum Gasteiger partial charge on any atom is 0.336 e. The molecule has 0 radical (unpaired) electrons.